The fourth-order valence-electron chi connectivity index (χ4n) is 1.52. The van der Waals surface area contributed by atoms with Crippen LogP contribution in [-0.4, -0.2) is 17.8 Å². The molecule has 0 amide bonds. The molecule has 0 N–H and O–H groups in total. The normalized spacial score (nSPS) is 16.3. The van der Waals surface area contributed by atoms with Crippen LogP contribution in [0, 0.1) is 3.57 Å². The zero-order chi connectivity index (χ0) is 14.0. The van der Waals surface area contributed by atoms with Crippen molar-refractivity contribution in [2.75, 3.05) is 0 Å². The number of carbonyl (C=O) groups is 2. The van der Waals surface area contributed by atoms with Gasteiger partial charge in [0.2, 0.25) is 0 Å². The Morgan fingerprint density at radius 3 is 2.74 bits per heavy atom. The van der Waals surface area contributed by atoms with Crippen LogP contribution in [-0.2, 0) is 14.3 Å². The topological polar surface area (TPSA) is 65.0 Å². The number of carbonyl (C=O) groups excluding carboxylic acids is 2. The summed E-state index contributed by atoms with van der Waals surface area (Å²) in [6, 6.07) is 5.21. The molecule has 0 unspecified atom stereocenters. The summed E-state index contributed by atoms with van der Waals surface area (Å²) in [7, 11) is 0. The predicted molar refractivity (Wildman–Crippen MR) is 77.6 cm³/mol. The lowest BCUT2D eigenvalue weighted by Crippen LogP contribution is -2.03. The highest BCUT2D eigenvalue weighted by Gasteiger charge is 2.19. The Morgan fingerprint density at radius 2 is 2.21 bits per heavy atom. The molecule has 0 spiro atoms. The molecule has 0 fully saturated rings. The van der Waals surface area contributed by atoms with E-state index in [1.807, 2.05) is 0 Å². The quantitative estimate of drug-likeness (QED) is 0.347. The molecule has 1 heterocycles. The number of ether oxygens (including phenoxy) is 2. The molecule has 0 atom stereocenters. The first kappa shape index (κ1) is 13.7. The van der Waals surface area contributed by atoms with E-state index < -0.39 is 5.97 Å². The summed E-state index contributed by atoms with van der Waals surface area (Å²) < 4.78 is 10.6. The number of hydrogen-bond donors (Lipinski definition) is 0. The summed E-state index contributed by atoms with van der Waals surface area (Å²) in [4.78, 5) is 26.3. The molecular formula is C13H10INO4. The molecule has 0 bridgehead atoms. The van der Waals surface area contributed by atoms with Crippen LogP contribution in [0.3, 0.4) is 0 Å². The zero-order valence-corrected chi connectivity index (χ0v) is 12.4. The van der Waals surface area contributed by atoms with Crippen LogP contribution in [0.15, 0.2) is 28.9 Å². The van der Waals surface area contributed by atoms with Crippen molar-refractivity contribution in [3.8, 4) is 5.75 Å². The summed E-state index contributed by atoms with van der Waals surface area (Å²) in [5.41, 5.74) is 1.04. The van der Waals surface area contributed by atoms with E-state index in [2.05, 4.69) is 27.6 Å². The fraction of sp³-hybridized carbons (Fsp3) is 0.154. The molecule has 0 radical (unpaired) electrons. The van der Waals surface area contributed by atoms with Gasteiger partial charge < -0.3 is 9.47 Å². The van der Waals surface area contributed by atoms with Crippen molar-refractivity contribution < 1.29 is 19.1 Å². The Morgan fingerprint density at radius 1 is 1.47 bits per heavy atom. The van der Waals surface area contributed by atoms with E-state index >= 15 is 0 Å². The van der Waals surface area contributed by atoms with Gasteiger partial charge in [0.15, 0.2) is 11.6 Å². The number of aliphatic imine (C=N–C) groups is 1. The zero-order valence-electron chi connectivity index (χ0n) is 10.3. The third kappa shape index (κ3) is 3.40. The number of nitrogens with zero attached hydrogens (tertiary/aromatic N) is 1. The average Bonchev–Trinajstić information content (AvgIpc) is 2.61. The molecule has 5 nitrogen and oxygen atoms in total. The molecule has 1 aromatic carbocycles. The first-order chi connectivity index (χ1) is 8.95. The first-order valence-electron chi connectivity index (χ1n) is 5.43. The van der Waals surface area contributed by atoms with E-state index in [0.717, 1.165) is 9.13 Å². The van der Waals surface area contributed by atoms with Crippen molar-refractivity contribution in [2.45, 2.75) is 13.8 Å². The highest BCUT2D eigenvalue weighted by molar-refractivity contribution is 14.1. The van der Waals surface area contributed by atoms with E-state index in [-0.39, 0.29) is 11.7 Å². The van der Waals surface area contributed by atoms with Gasteiger partial charge in [-0.05, 0) is 46.4 Å². The second-order valence-corrected chi connectivity index (χ2v) is 5.00. The average molecular weight is 371 g/mol. The largest absolute Gasteiger partial charge is 0.426 e. The molecule has 0 aliphatic carbocycles. The number of cyclic esters (lactones) is 1. The van der Waals surface area contributed by atoms with Crippen molar-refractivity contribution >= 4 is 46.5 Å². The van der Waals surface area contributed by atoms with Gasteiger partial charge in [0.05, 0.1) is 3.57 Å². The molecule has 19 heavy (non-hydrogen) atoms. The van der Waals surface area contributed by atoms with Crippen LogP contribution >= 0.6 is 22.6 Å². The van der Waals surface area contributed by atoms with Crippen molar-refractivity contribution in [1.82, 2.24) is 0 Å². The van der Waals surface area contributed by atoms with Crippen molar-refractivity contribution in [2.24, 2.45) is 4.99 Å². The number of hydrogen-bond acceptors (Lipinski definition) is 5. The standard InChI is InChI=1S/C13H10INO4/c1-7-15-11(13(17)18-7)6-9-3-4-12(10(14)5-9)19-8(2)16/h3-6H,1-2H3. The Balaban J connectivity index is 2.28. The number of esters is 2. The third-order valence-corrected chi connectivity index (χ3v) is 3.08. The van der Waals surface area contributed by atoms with E-state index in [9.17, 15) is 9.59 Å². The maximum Gasteiger partial charge on any atom is 0.363 e. The van der Waals surface area contributed by atoms with Crippen LogP contribution in [0.5, 0.6) is 5.75 Å². The molecule has 0 saturated carbocycles. The van der Waals surface area contributed by atoms with Gasteiger partial charge in [0.1, 0.15) is 5.75 Å². The van der Waals surface area contributed by atoms with Gasteiger partial charge in [0, 0.05) is 13.8 Å². The molecule has 0 saturated heterocycles. The number of rotatable bonds is 2. The van der Waals surface area contributed by atoms with Gasteiger partial charge >= 0.3 is 11.9 Å². The van der Waals surface area contributed by atoms with Gasteiger partial charge in [-0.15, -0.1) is 0 Å². The number of benzene rings is 1. The lowest BCUT2D eigenvalue weighted by molar-refractivity contribution is -0.132. The Kier molecular flexibility index (Phi) is 3.98. The fourth-order valence-corrected chi connectivity index (χ4v) is 2.17. The van der Waals surface area contributed by atoms with Crippen LogP contribution < -0.4 is 4.74 Å². The minimum atomic E-state index is -0.462. The van der Waals surface area contributed by atoms with Crippen molar-refractivity contribution in [1.29, 1.82) is 0 Å². The smallest absolute Gasteiger partial charge is 0.363 e. The molecule has 1 aliphatic rings. The van der Waals surface area contributed by atoms with Crippen molar-refractivity contribution in [3.63, 3.8) is 0 Å². The van der Waals surface area contributed by atoms with Gasteiger partial charge in [-0.25, -0.2) is 9.79 Å². The minimum absolute atomic E-state index is 0.258. The SMILES string of the molecule is CC(=O)Oc1ccc(C=C2N=C(C)OC2=O)cc1I. The van der Waals surface area contributed by atoms with Gasteiger partial charge in [-0.2, -0.15) is 0 Å². The second kappa shape index (κ2) is 5.52. The summed E-state index contributed by atoms with van der Waals surface area (Å²) in [5, 5.41) is 0. The maximum absolute atomic E-state index is 11.4. The number of halogens is 1. The summed E-state index contributed by atoms with van der Waals surface area (Å²) in [5.74, 6) is -0.00778. The van der Waals surface area contributed by atoms with Gasteiger partial charge in [-0.1, -0.05) is 6.07 Å². The van der Waals surface area contributed by atoms with Crippen LogP contribution in [0.1, 0.15) is 19.4 Å². The first-order valence-corrected chi connectivity index (χ1v) is 6.51. The Labute approximate surface area is 123 Å². The van der Waals surface area contributed by atoms with Gasteiger partial charge in [-0.3, -0.25) is 4.79 Å². The minimum Gasteiger partial charge on any atom is -0.426 e. The van der Waals surface area contributed by atoms with Crippen LogP contribution in [0.4, 0.5) is 0 Å². The van der Waals surface area contributed by atoms with E-state index in [0.29, 0.717) is 11.6 Å². The van der Waals surface area contributed by atoms with Crippen molar-refractivity contribution in [3.05, 3.63) is 33.0 Å². The molecule has 1 aromatic rings. The molecular weight excluding hydrogens is 361 g/mol. The third-order valence-electron chi connectivity index (χ3n) is 2.24. The Bertz CT molecular complexity index is 619. The summed E-state index contributed by atoms with van der Waals surface area (Å²) >= 11 is 2.06. The summed E-state index contributed by atoms with van der Waals surface area (Å²) in [6.45, 7) is 2.96. The molecule has 1 aliphatic heterocycles. The lowest BCUT2D eigenvalue weighted by Gasteiger charge is -2.04. The molecule has 2 rings (SSSR count). The van der Waals surface area contributed by atoms with E-state index in [4.69, 9.17) is 9.47 Å². The lowest BCUT2D eigenvalue weighted by atomic mass is 10.2. The van der Waals surface area contributed by atoms with E-state index in [1.54, 1.807) is 31.2 Å². The maximum atomic E-state index is 11.4. The van der Waals surface area contributed by atoms with E-state index in [1.165, 1.54) is 6.92 Å². The monoisotopic (exact) mass is 371 g/mol. The summed E-state index contributed by atoms with van der Waals surface area (Å²) in [6.07, 6.45) is 1.62. The molecule has 6 heteroatoms. The van der Waals surface area contributed by atoms with Crippen LogP contribution in [0.2, 0.25) is 0 Å². The Hall–Kier alpha value is -1.70. The molecule has 98 valence electrons. The second-order valence-electron chi connectivity index (χ2n) is 3.83. The highest BCUT2D eigenvalue weighted by Crippen LogP contribution is 2.24. The van der Waals surface area contributed by atoms with Gasteiger partial charge in [0.25, 0.3) is 0 Å². The highest BCUT2D eigenvalue weighted by atomic mass is 127. The molecule has 0 aromatic heterocycles. The van der Waals surface area contributed by atoms with Crippen LogP contribution in [0.25, 0.3) is 6.08 Å². The predicted octanol–water partition coefficient (Wildman–Crippen LogP) is 2.53.